The van der Waals surface area contributed by atoms with E-state index in [0.29, 0.717) is 25.3 Å². The van der Waals surface area contributed by atoms with Crippen molar-refractivity contribution in [2.75, 3.05) is 19.7 Å². The molecule has 0 unspecified atom stereocenters. The summed E-state index contributed by atoms with van der Waals surface area (Å²) >= 11 is 0. The van der Waals surface area contributed by atoms with Crippen LogP contribution in [0.25, 0.3) is 11.0 Å². The lowest BCUT2D eigenvalue weighted by atomic mass is 10.1. The molecule has 1 aliphatic rings. The number of aryl methyl sites for hydroxylation is 2. The Kier molecular flexibility index (Phi) is 3.57. The van der Waals surface area contributed by atoms with Gasteiger partial charge in [0.1, 0.15) is 17.8 Å². The second kappa shape index (κ2) is 5.76. The first-order valence-corrected chi connectivity index (χ1v) is 7.99. The molecule has 2 aromatic heterocycles. The van der Waals surface area contributed by atoms with E-state index < -0.39 is 0 Å². The van der Waals surface area contributed by atoms with Crippen LogP contribution in [0.2, 0.25) is 0 Å². The van der Waals surface area contributed by atoms with Crippen molar-refractivity contribution >= 4 is 16.9 Å². The number of carbonyl (C=O) groups excluding carboxylic acids is 1. The minimum Gasteiger partial charge on any atom is -0.367 e. The Morgan fingerprint density at radius 1 is 1.33 bits per heavy atom. The second-order valence-electron chi connectivity index (χ2n) is 6.12. The topological polar surface area (TPSA) is 86.9 Å². The third-order valence-electron chi connectivity index (χ3n) is 4.23. The van der Waals surface area contributed by atoms with Crippen LogP contribution in [0.5, 0.6) is 0 Å². The van der Waals surface area contributed by atoms with Crippen molar-refractivity contribution in [1.82, 2.24) is 24.8 Å². The third-order valence-corrected chi connectivity index (χ3v) is 4.23. The van der Waals surface area contributed by atoms with Crippen LogP contribution in [0.1, 0.15) is 33.8 Å². The average Bonchev–Trinajstić information content (AvgIpc) is 3.18. The molecule has 1 atom stereocenters. The van der Waals surface area contributed by atoms with Crippen LogP contribution in [0.3, 0.4) is 0 Å². The summed E-state index contributed by atoms with van der Waals surface area (Å²) in [6.45, 7) is 5.42. The van der Waals surface area contributed by atoms with Gasteiger partial charge in [0.25, 0.3) is 5.91 Å². The molecule has 1 aliphatic heterocycles. The van der Waals surface area contributed by atoms with Gasteiger partial charge in [0, 0.05) is 24.0 Å². The molecule has 3 heterocycles. The lowest BCUT2D eigenvalue weighted by molar-refractivity contribution is -0.0264. The van der Waals surface area contributed by atoms with Crippen LogP contribution in [0, 0.1) is 13.8 Å². The fraction of sp³-hybridized carbons (Fsp3) is 0.353. The Hall–Kier alpha value is -2.67. The van der Waals surface area contributed by atoms with Crippen LogP contribution in [-0.2, 0) is 4.74 Å². The van der Waals surface area contributed by atoms with Gasteiger partial charge < -0.3 is 19.6 Å². The molecule has 7 nitrogen and oxygen atoms in total. The van der Waals surface area contributed by atoms with Gasteiger partial charge in [0.15, 0.2) is 0 Å². The summed E-state index contributed by atoms with van der Waals surface area (Å²) in [4.78, 5) is 29.7. The van der Waals surface area contributed by atoms with Gasteiger partial charge in [-0.3, -0.25) is 4.79 Å². The summed E-state index contributed by atoms with van der Waals surface area (Å²) in [5, 5.41) is 0. The number of benzene rings is 1. The van der Waals surface area contributed by atoms with Gasteiger partial charge in [0.2, 0.25) is 0 Å². The highest BCUT2D eigenvalue weighted by Gasteiger charge is 2.28. The summed E-state index contributed by atoms with van der Waals surface area (Å²) in [6.07, 6.45) is 1.56. The molecule has 0 bridgehead atoms. The highest BCUT2D eigenvalue weighted by atomic mass is 16.5. The number of aromatic amines is 2. The average molecular weight is 325 g/mol. The first kappa shape index (κ1) is 14.9. The molecule has 124 valence electrons. The molecule has 0 spiro atoms. The Balaban J connectivity index is 1.56. The van der Waals surface area contributed by atoms with Crippen molar-refractivity contribution in [3.63, 3.8) is 0 Å². The minimum atomic E-state index is -0.213. The van der Waals surface area contributed by atoms with E-state index in [4.69, 9.17) is 4.74 Å². The predicted molar refractivity (Wildman–Crippen MR) is 88.8 cm³/mol. The number of H-pyrrole nitrogens is 2. The zero-order valence-electron chi connectivity index (χ0n) is 13.7. The predicted octanol–water partition coefficient (Wildman–Crippen LogP) is 2.12. The molecule has 4 rings (SSSR count). The molecule has 3 aromatic rings. The summed E-state index contributed by atoms with van der Waals surface area (Å²) < 4.78 is 5.76. The fourth-order valence-electron chi connectivity index (χ4n) is 3.05. The number of hydrogen-bond donors (Lipinski definition) is 2. The lowest BCUT2D eigenvalue weighted by Crippen LogP contribution is -2.42. The van der Waals surface area contributed by atoms with Crippen LogP contribution in [0.4, 0.5) is 0 Å². The second-order valence-corrected chi connectivity index (χ2v) is 6.12. The van der Waals surface area contributed by atoms with Crippen molar-refractivity contribution in [1.29, 1.82) is 0 Å². The van der Waals surface area contributed by atoms with Crippen LogP contribution in [-0.4, -0.2) is 50.4 Å². The summed E-state index contributed by atoms with van der Waals surface area (Å²) in [5.41, 5.74) is 3.39. The van der Waals surface area contributed by atoms with E-state index in [2.05, 4.69) is 19.9 Å². The van der Waals surface area contributed by atoms with Crippen LogP contribution < -0.4 is 0 Å². The number of aromatic nitrogens is 4. The molecule has 1 aromatic carbocycles. The number of nitrogens with one attached hydrogen (secondary N) is 2. The zero-order chi connectivity index (χ0) is 16.7. The summed E-state index contributed by atoms with van der Waals surface area (Å²) in [5.74, 6) is 1.61. The Morgan fingerprint density at radius 2 is 2.21 bits per heavy atom. The number of imidazole rings is 2. The maximum atomic E-state index is 12.8. The number of rotatable bonds is 2. The number of carbonyl (C=O) groups is 1. The third kappa shape index (κ3) is 2.67. The van der Waals surface area contributed by atoms with Gasteiger partial charge in [-0.1, -0.05) is 0 Å². The Morgan fingerprint density at radius 3 is 3.00 bits per heavy atom. The molecule has 0 aliphatic carbocycles. The monoisotopic (exact) mass is 325 g/mol. The van der Waals surface area contributed by atoms with E-state index >= 15 is 0 Å². The van der Waals surface area contributed by atoms with Crippen LogP contribution >= 0.6 is 0 Å². The van der Waals surface area contributed by atoms with Gasteiger partial charge in [-0.2, -0.15) is 0 Å². The summed E-state index contributed by atoms with van der Waals surface area (Å²) in [7, 11) is 0. The van der Waals surface area contributed by atoms with E-state index in [1.54, 1.807) is 6.20 Å². The van der Waals surface area contributed by atoms with E-state index in [9.17, 15) is 4.79 Å². The molecule has 0 radical (unpaired) electrons. The molecule has 1 fully saturated rings. The molecule has 1 saturated heterocycles. The van der Waals surface area contributed by atoms with E-state index in [1.165, 1.54) is 0 Å². The molecule has 24 heavy (non-hydrogen) atoms. The molecular formula is C17H19N5O2. The number of morpholine rings is 1. The van der Waals surface area contributed by atoms with Crippen molar-refractivity contribution in [2.45, 2.75) is 20.0 Å². The maximum Gasteiger partial charge on any atom is 0.254 e. The van der Waals surface area contributed by atoms with Crippen molar-refractivity contribution in [3.8, 4) is 0 Å². The van der Waals surface area contributed by atoms with E-state index in [0.717, 1.165) is 28.4 Å². The summed E-state index contributed by atoms with van der Waals surface area (Å²) in [6, 6.07) is 5.56. The van der Waals surface area contributed by atoms with Gasteiger partial charge in [-0.05, 0) is 32.0 Å². The molecule has 1 amide bonds. The first-order chi connectivity index (χ1) is 11.6. The standard InChI is InChI=1S/C17H19N5O2/c1-10-8-18-16(19-10)15-9-22(5-6-24-15)17(23)12-3-4-13-14(7-12)21-11(2)20-13/h3-4,7-8,15H,5-6,9H2,1-2H3,(H,18,19)(H,20,21)/t15-/m1/s1. The highest BCUT2D eigenvalue weighted by molar-refractivity contribution is 5.97. The Bertz CT molecular complexity index is 897. The molecule has 2 N–H and O–H groups in total. The smallest absolute Gasteiger partial charge is 0.254 e. The van der Waals surface area contributed by atoms with Crippen LogP contribution in [0.15, 0.2) is 24.4 Å². The number of hydrogen-bond acceptors (Lipinski definition) is 4. The highest BCUT2D eigenvalue weighted by Crippen LogP contribution is 2.22. The van der Waals surface area contributed by atoms with E-state index in [1.807, 2.05) is 36.9 Å². The molecule has 0 saturated carbocycles. The number of amides is 1. The SMILES string of the molecule is Cc1cnc([C@H]2CN(C(=O)c3ccc4nc(C)[nH]c4c3)CCO2)[nH]1. The normalized spacial score (nSPS) is 18.2. The lowest BCUT2D eigenvalue weighted by Gasteiger charge is -2.32. The molecule has 7 heteroatoms. The minimum absolute atomic E-state index is 0.000677. The number of nitrogens with zero attached hydrogens (tertiary/aromatic N) is 3. The van der Waals surface area contributed by atoms with Crippen molar-refractivity contribution < 1.29 is 9.53 Å². The number of fused-ring (bicyclic) bond motifs is 1. The van der Waals surface area contributed by atoms with Gasteiger partial charge >= 0.3 is 0 Å². The van der Waals surface area contributed by atoms with Gasteiger partial charge in [-0.15, -0.1) is 0 Å². The van der Waals surface area contributed by atoms with Gasteiger partial charge in [0.05, 0.1) is 24.2 Å². The molecular weight excluding hydrogens is 306 g/mol. The fourth-order valence-corrected chi connectivity index (χ4v) is 3.05. The van der Waals surface area contributed by atoms with Gasteiger partial charge in [-0.25, -0.2) is 9.97 Å². The zero-order valence-corrected chi connectivity index (χ0v) is 13.7. The number of ether oxygens (including phenoxy) is 1. The van der Waals surface area contributed by atoms with E-state index in [-0.39, 0.29) is 12.0 Å². The van der Waals surface area contributed by atoms with Crippen molar-refractivity contribution in [3.05, 3.63) is 47.3 Å². The largest absolute Gasteiger partial charge is 0.367 e. The maximum absolute atomic E-state index is 12.8. The van der Waals surface area contributed by atoms with Crippen molar-refractivity contribution in [2.24, 2.45) is 0 Å². The Labute approximate surface area is 139 Å². The first-order valence-electron chi connectivity index (χ1n) is 7.99. The quantitative estimate of drug-likeness (QED) is 0.755.